The van der Waals surface area contributed by atoms with Gasteiger partial charge in [0.1, 0.15) is 0 Å². The minimum absolute atomic E-state index is 0.0847. The molecule has 0 aliphatic carbocycles. The molecule has 6 heteroatoms. The molecule has 0 unspecified atom stereocenters. The largest absolute Gasteiger partial charge is 0.368 e. The van der Waals surface area contributed by atoms with Crippen LogP contribution in [0.4, 0.5) is 5.69 Å². The molecule has 2 aromatic rings. The van der Waals surface area contributed by atoms with Crippen molar-refractivity contribution in [3.05, 3.63) is 65.7 Å². The Kier molecular flexibility index (Phi) is 6.44. The van der Waals surface area contributed by atoms with Crippen LogP contribution in [0.1, 0.15) is 22.3 Å². The van der Waals surface area contributed by atoms with Crippen LogP contribution in [0.25, 0.3) is 0 Å². The van der Waals surface area contributed by atoms with E-state index in [1.807, 2.05) is 35.2 Å². The maximum Gasteiger partial charge on any atom is 0.251 e. The molecule has 0 bridgehead atoms. The van der Waals surface area contributed by atoms with Gasteiger partial charge in [-0.1, -0.05) is 30.3 Å². The van der Waals surface area contributed by atoms with Gasteiger partial charge in [-0.15, -0.1) is 0 Å². The highest BCUT2D eigenvalue weighted by molar-refractivity contribution is 5.94. The van der Waals surface area contributed by atoms with Crippen LogP contribution in [0.15, 0.2) is 54.6 Å². The maximum atomic E-state index is 12.4. The Morgan fingerprint density at radius 3 is 2.22 bits per heavy atom. The van der Waals surface area contributed by atoms with Gasteiger partial charge < -0.3 is 20.9 Å². The Morgan fingerprint density at radius 2 is 1.59 bits per heavy atom. The Morgan fingerprint density at radius 1 is 0.926 bits per heavy atom. The third kappa shape index (κ3) is 5.08. The molecule has 1 saturated heterocycles. The van der Waals surface area contributed by atoms with Gasteiger partial charge >= 0.3 is 0 Å². The number of carbonyl (C=O) groups is 2. The second-order valence-corrected chi connectivity index (χ2v) is 6.61. The van der Waals surface area contributed by atoms with Crippen molar-refractivity contribution in [2.45, 2.75) is 13.0 Å². The summed E-state index contributed by atoms with van der Waals surface area (Å²) in [6.07, 6.45) is 0.317. The van der Waals surface area contributed by atoms with Gasteiger partial charge in [-0.25, -0.2) is 0 Å². The third-order valence-electron chi connectivity index (χ3n) is 4.83. The fraction of sp³-hybridized carbons (Fsp3) is 0.333. The van der Waals surface area contributed by atoms with Crippen molar-refractivity contribution in [3.63, 3.8) is 0 Å². The van der Waals surface area contributed by atoms with E-state index >= 15 is 0 Å². The van der Waals surface area contributed by atoms with E-state index in [4.69, 9.17) is 5.73 Å². The molecule has 1 aliphatic heterocycles. The van der Waals surface area contributed by atoms with Gasteiger partial charge in [0.15, 0.2) is 0 Å². The quantitative estimate of drug-likeness (QED) is 0.814. The summed E-state index contributed by atoms with van der Waals surface area (Å²) in [6, 6.07) is 17.4. The third-order valence-corrected chi connectivity index (χ3v) is 4.83. The summed E-state index contributed by atoms with van der Waals surface area (Å²) < 4.78 is 0. The number of nitrogens with zero attached hydrogens (tertiary/aromatic N) is 2. The zero-order valence-electron chi connectivity index (χ0n) is 15.4. The average Bonchev–Trinajstić information content (AvgIpc) is 2.74. The van der Waals surface area contributed by atoms with Gasteiger partial charge in [0.05, 0.1) is 0 Å². The van der Waals surface area contributed by atoms with Crippen molar-refractivity contribution in [1.82, 2.24) is 10.2 Å². The van der Waals surface area contributed by atoms with Crippen LogP contribution in [-0.2, 0) is 11.3 Å². The topological polar surface area (TPSA) is 78.7 Å². The maximum absolute atomic E-state index is 12.4. The van der Waals surface area contributed by atoms with Gasteiger partial charge in [-0.2, -0.15) is 0 Å². The van der Waals surface area contributed by atoms with E-state index in [0.717, 1.165) is 18.7 Å². The Bertz CT molecular complexity index is 754. The Labute approximate surface area is 159 Å². The summed E-state index contributed by atoms with van der Waals surface area (Å²) in [5.41, 5.74) is 8.31. The first-order valence-electron chi connectivity index (χ1n) is 9.32. The first-order valence-corrected chi connectivity index (χ1v) is 9.32. The lowest BCUT2D eigenvalue weighted by atomic mass is 10.1. The van der Waals surface area contributed by atoms with E-state index in [-0.39, 0.29) is 11.8 Å². The highest BCUT2D eigenvalue weighted by Crippen LogP contribution is 2.15. The van der Waals surface area contributed by atoms with Gasteiger partial charge in [0, 0.05) is 56.9 Å². The predicted octanol–water partition coefficient (Wildman–Crippen LogP) is 1.61. The number of anilines is 1. The summed E-state index contributed by atoms with van der Waals surface area (Å²) in [4.78, 5) is 28.7. The number of rotatable bonds is 6. The second kappa shape index (κ2) is 9.19. The van der Waals surface area contributed by atoms with Crippen LogP contribution >= 0.6 is 0 Å². The van der Waals surface area contributed by atoms with Gasteiger partial charge in [0.2, 0.25) is 5.91 Å². The number of nitrogens with one attached hydrogen (secondary N) is 1. The first kappa shape index (κ1) is 18.9. The molecule has 2 aromatic carbocycles. The number of nitrogens with two attached hydrogens (primary N) is 1. The number of piperazine rings is 1. The van der Waals surface area contributed by atoms with Crippen LogP contribution < -0.4 is 16.0 Å². The number of carbonyl (C=O) groups excluding carboxylic acids is 2. The number of hydrogen-bond donors (Lipinski definition) is 2. The summed E-state index contributed by atoms with van der Waals surface area (Å²) in [6.45, 7) is 3.87. The molecule has 3 N–H and O–H groups in total. The lowest BCUT2D eigenvalue weighted by molar-refractivity contribution is -0.131. The Hall–Kier alpha value is -2.86. The highest BCUT2D eigenvalue weighted by Gasteiger charge is 2.21. The second-order valence-electron chi connectivity index (χ2n) is 6.61. The normalized spacial score (nSPS) is 14.1. The molecule has 6 nitrogen and oxygen atoms in total. The molecule has 0 saturated carbocycles. The lowest BCUT2D eigenvalue weighted by Gasteiger charge is -2.36. The molecule has 0 radical (unpaired) electrons. The van der Waals surface area contributed by atoms with Crippen LogP contribution in [0, 0.1) is 0 Å². The molecular weight excluding hydrogens is 340 g/mol. The molecule has 0 aromatic heterocycles. The van der Waals surface area contributed by atoms with Crippen LogP contribution in [-0.4, -0.2) is 49.4 Å². The van der Waals surface area contributed by atoms with E-state index in [1.165, 1.54) is 5.69 Å². The highest BCUT2D eigenvalue weighted by atomic mass is 16.2. The van der Waals surface area contributed by atoms with E-state index in [0.29, 0.717) is 38.2 Å². The molecule has 1 fully saturated rings. The van der Waals surface area contributed by atoms with Crippen LogP contribution in [0.5, 0.6) is 0 Å². The van der Waals surface area contributed by atoms with Crippen molar-refractivity contribution in [3.8, 4) is 0 Å². The van der Waals surface area contributed by atoms with E-state index < -0.39 is 0 Å². The van der Waals surface area contributed by atoms with Gasteiger partial charge in [0.25, 0.3) is 5.91 Å². The summed E-state index contributed by atoms with van der Waals surface area (Å²) in [7, 11) is 0. The Balaban J connectivity index is 1.40. The monoisotopic (exact) mass is 366 g/mol. The van der Waals surface area contributed by atoms with E-state index in [2.05, 4.69) is 22.3 Å². The minimum Gasteiger partial charge on any atom is -0.368 e. The number of hydrogen-bond acceptors (Lipinski definition) is 4. The van der Waals surface area contributed by atoms with Crippen molar-refractivity contribution < 1.29 is 9.59 Å². The molecule has 0 spiro atoms. The predicted molar refractivity (Wildman–Crippen MR) is 107 cm³/mol. The summed E-state index contributed by atoms with van der Waals surface area (Å²) in [5.74, 6) is -0.0817. The number of amides is 2. The van der Waals surface area contributed by atoms with Crippen molar-refractivity contribution in [2.24, 2.45) is 5.73 Å². The average molecular weight is 366 g/mol. The summed E-state index contributed by atoms with van der Waals surface area (Å²) in [5, 5.41) is 2.81. The minimum atomic E-state index is -0.166. The standard InChI is InChI=1S/C21H26N4O2/c22-16-17-6-8-18(9-7-17)21(27)23-11-10-20(26)25-14-12-24(13-15-25)19-4-2-1-3-5-19/h1-9H,10-16,22H2,(H,23,27). The van der Waals surface area contributed by atoms with Gasteiger partial charge in [-0.05, 0) is 29.8 Å². The fourth-order valence-corrected chi connectivity index (χ4v) is 3.19. The number of benzene rings is 2. The van der Waals surface area contributed by atoms with Crippen molar-refractivity contribution in [1.29, 1.82) is 0 Å². The SMILES string of the molecule is NCc1ccc(C(=O)NCCC(=O)N2CCN(c3ccccc3)CC2)cc1. The molecule has 1 aliphatic rings. The smallest absolute Gasteiger partial charge is 0.251 e. The molecule has 0 atom stereocenters. The molecule has 27 heavy (non-hydrogen) atoms. The lowest BCUT2D eigenvalue weighted by Crippen LogP contribution is -2.49. The zero-order chi connectivity index (χ0) is 19.1. The zero-order valence-corrected chi connectivity index (χ0v) is 15.4. The van der Waals surface area contributed by atoms with E-state index in [1.54, 1.807) is 12.1 Å². The van der Waals surface area contributed by atoms with Crippen molar-refractivity contribution in [2.75, 3.05) is 37.6 Å². The molecular formula is C21H26N4O2. The molecule has 142 valence electrons. The molecule has 2 amide bonds. The fourth-order valence-electron chi connectivity index (χ4n) is 3.19. The molecule has 3 rings (SSSR count). The van der Waals surface area contributed by atoms with Gasteiger partial charge in [-0.3, -0.25) is 9.59 Å². The van der Waals surface area contributed by atoms with Crippen molar-refractivity contribution >= 4 is 17.5 Å². The van der Waals surface area contributed by atoms with E-state index in [9.17, 15) is 9.59 Å². The molecule has 1 heterocycles. The summed E-state index contributed by atoms with van der Waals surface area (Å²) >= 11 is 0. The first-order chi connectivity index (χ1) is 13.2. The number of para-hydroxylation sites is 1. The van der Waals surface area contributed by atoms with Crippen LogP contribution in [0.2, 0.25) is 0 Å². The van der Waals surface area contributed by atoms with Crippen LogP contribution in [0.3, 0.4) is 0 Å².